The third-order valence-corrected chi connectivity index (χ3v) is 4.04. The molecule has 0 amide bonds. The van der Waals surface area contributed by atoms with Crippen molar-refractivity contribution >= 4 is 5.82 Å². The Morgan fingerprint density at radius 2 is 2.00 bits per heavy atom. The first-order valence-corrected chi connectivity index (χ1v) is 8.16. The smallest absolute Gasteiger partial charge is 0.253 e. The van der Waals surface area contributed by atoms with Crippen LogP contribution in [0.25, 0.3) is 0 Å². The van der Waals surface area contributed by atoms with E-state index in [0.717, 1.165) is 11.1 Å². The molecule has 0 fully saturated rings. The lowest BCUT2D eigenvalue weighted by molar-refractivity contribution is 0.275. The van der Waals surface area contributed by atoms with Gasteiger partial charge in [0.2, 0.25) is 0 Å². The molecule has 0 saturated carbocycles. The fourth-order valence-corrected chi connectivity index (χ4v) is 2.48. The van der Waals surface area contributed by atoms with Gasteiger partial charge < -0.3 is 10.5 Å². The quantitative estimate of drug-likeness (QED) is 0.917. The summed E-state index contributed by atoms with van der Waals surface area (Å²) >= 11 is 0. The number of aromatic nitrogens is 2. The summed E-state index contributed by atoms with van der Waals surface area (Å²) in [6.45, 7) is 12.7. The number of hydrogen-bond donors (Lipinski definition) is 1. The highest BCUT2D eigenvalue weighted by atomic mass is 16.5. The number of nitrogens with two attached hydrogens (primary N) is 1. The van der Waals surface area contributed by atoms with Gasteiger partial charge in [-0.3, -0.25) is 0 Å². The minimum atomic E-state index is -0.315. The topological polar surface area (TPSA) is 76.9 Å². The second kappa shape index (κ2) is 6.56. The van der Waals surface area contributed by atoms with Crippen LogP contribution >= 0.6 is 0 Å². The van der Waals surface area contributed by atoms with Crippen LogP contribution in [0, 0.1) is 18.3 Å². The third kappa shape index (κ3) is 3.53. The van der Waals surface area contributed by atoms with Gasteiger partial charge in [-0.1, -0.05) is 32.0 Å². The number of nitrogens with zero attached hydrogens (tertiary/aromatic N) is 3. The first-order valence-electron chi connectivity index (χ1n) is 8.16. The van der Waals surface area contributed by atoms with Crippen LogP contribution in [0.15, 0.2) is 18.2 Å². The summed E-state index contributed by atoms with van der Waals surface area (Å²) in [5, 5.41) is 13.8. The summed E-state index contributed by atoms with van der Waals surface area (Å²) in [7, 11) is 0. The molecule has 0 bridgehead atoms. The largest absolute Gasteiger partial charge is 0.471 e. The second-order valence-electron chi connectivity index (χ2n) is 7.39. The molecule has 0 radical (unpaired) electrons. The van der Waals surface area contributed by atoms with E-state index >= 15 is 0 Å². The lowest BCUT2D eigenvalue weighted by Crippen LogP contribution is -2.24. The molecule has 1 aromatic carbocycles. The molecule has 5 nitrogen and oxygen atoms in total. The molecule has 0 aliphatic carbocycles. The lowest BCUT2D eigenvalue weighted by atomic mass is 9.98. The van der Waals surface area contributed by atoms with Gasteiger partial charge in [0.1, 0.15) is 18.5 Å². The van der Waals surface area contributed by atoms with Gasteiger partial charge in [-0.2, -0.15) is 5.26 Å². The van der Waals surface area contributed by atoms with E-state index in [1.165, 1.54) is 5.56 Å². The van der Waals surface area contributed by atoms with E-state index in [1.807, 2.05) is 20.8 Å². The third-order valence-electron chi connectivity index (χ3n) is 4.04. The Morgan fingerprint density at radius 1 is 1.33 bits per heavy atom. The predicted octanol–water partition coefficient (Wildman–Crippen LogP) is 4.10. The lowest BCUT2D eigenvalue weighted by Gasteiger charge is -2.20. The van der Waals surface area contributed by atoms with Crippen LogP contribution in [0.2, 0.25) is 0 Å². The average molecular weight is 326 g/mol. The van der Waals surface area contributed by atoms with Crippen LogP contribution < -0.4 is 10.5 Å². The normalized spacial score (nSPS) is 11.6. The van der Waals surface area contributed by atoms with E-state index in [-0.39, 0.29) is 5.54 Å². The van der Waals surface area contributed by atoms with Crippen LogP contribution in [0.5, 0.6) is 5.88 Å². The van der Waals surface area contributed by atoms with Crippen molar-refractivity contribution in [1.29, 1.82) is 5.26 Å². The van der Waals surface area contributed by atoms with E-state index in [1.54, 1.807) is 4.68 Å². The van der Waals surface area contributed by atoms with Crippen LogP contribution in [0.1, 0.15) is 62.8 Å². The summed E-state index contributed by atoms with van der Waals surface area (Å²) in [6.07, 6.45) is 0. The molecule has 0 saturated heterocycles. The van der Waals surface area contributed by atoms with Crippen molar-refractivity contribution in [1.82, 2.24) is 9.78 Å². The number of ether oxygens (including phenoxy) is 1. The molecule has 1 aromatic heterocycles. The minimum absolute atomic E-state index is 0.291. The zero-order valence-corrected chi connectivity index (χ0v) is 15.3. The molecule has 1 heterocycles. The van der Waals surface area contributed by atoms with E-state index in [4.69, 9.17) is 10.5 Å². The van der Waals surface area contributed by atoms with Gasteiger partial charge in [0.15, 0.2) is 5.56 Å². The summed E-state index contributed by atoms with van der Waals surface area (Å²) in [4.78, 5) is 0. The Kier molecular flexibility index (Phi) is 4.88. The fourth-order valence-electron chi connectivity index (χ4n) is 2.48. The van der Waals surface area contributed by atoms with Gasteiger partial charge in [0.25, 0.3) is 5.88 Å². The first kappa shape index (κ1) is 17.9. The SMILES string of the molecule is Cc1ccc(C(C)C)cc1COc1nn(C(C)(C)C)c(N)c1C#N. The van der Waals surface area contributed by atoms with Crippen molar-refractivity contribution in [3.05, 3.63) is 40.5 Å². The maximum atomic E-state index is 9.38. The average Bonchev–Trinajstić information content (AvgIpc) is 2.82. The highest BCUT2D eigenvalue weighted by Crippen LogP contribution is 2.29. The molecular weight excluding hydrogens is 300 g/mol. The van der Waals surface area contributed by atoms with E-state index in [2.05, 4.69) is 50.1 Å². The fraction of sp³-hybridized carbons (Fsp3) is 0.474. The maximum Gasteiger partial charge on any atom is 0.253 e. The van der Waals surface area contributed by atoms with Crippen LogP contribution in [-0.2, 0) is 12.1 Å². The second-order valence-corrected chi connectivity index (χ2v) is 7.39. The number of aryl methyl sites for hydroxylation is 1. The van der Waals surface area contributed by atoms with Gasteiger partial charge in [-0.15, -0.1) is 5.10 Å². The van der Waals surface area contributed by atoms with Crippen LogP contribution in [-0.4, -0.2) is 9.78 Å². The van der Waals surface area contributed by atoms with Crippen molar-refractivity contribution in [2.45, 2.75) is 59.6 Å². The number of hydrogen-bond acceptors (Lipinski definition) is 4. The Hall–Kier alpha value is -2.48. The molecule has 5 heteroatoms. The van der Waals surface area contributed by atoms with Crippen molar-refractivity contribution in [2.24, 2.45) is 0 Å². The minimum Gasteiger partial charge on any atom is -0.471 e. The van der Waals surface area contributed by atoms with Gasteiger partial charge in [-0.05, 0) is 50.3 Å². The molecule has 128 valence electrons. The predicted molar refractivity (Wildman–Crippen MR) is 96.0 cm³/mol. The molecule has 2 aromatic rings. The zero-order chi connectivity index (χ0) is 18.1. The molecule has 2 rings (SSSR count). The summed E-state index contributed by atoms with van der Waals surface area (Å²) < 4.78 is 7.49. The van der Waals surface area contributed by atoms with Gasteiger partial charge in [-0.25, -0.2) is 4.68 Å². The van der Waals surface area contributed by atoms with E-state index < -0.39 is 0 Å². The Morgan fingerprint density at radius 3 is 2.54 bits per heavy atom. The van der Waals surface area contributed by atoms with Gasteiger partial charge in [0, 0.05) is 0 Å². The number of rotatable bonds is 4. The first-order chi connectivity index (χ1) is 11.1. The number of nitrogen functional groups attached to an aromatic ring is 1. The molecule has 0 unspecified atom stereocenters. The van der Waals surface area contributed by atoms with Gasteiger partial charge >= 0.3 is 0 Å². The molecule has 0 atom stereocenters. The number of benzene rings is 1. The Bertz CT molecular complexity index is 776. The summed E-state index contributed by atoms with van der Waals surface area (Å²) in [6, 6.07) is 8.49. The van der Waals surface area contributed by atoms with Gasteiger partial charge in [0.05, 0.1) is 5.54 Å². The van der Waals surface area contributed by atoms with Crippen molar-refractivity contribution < 1.29 is 4.74 Å². The summed E-state index contributed by atoms with van der Waals surface area (Å²) in [5.74, 6) is 1.08. The Balaban J connectivity index is 2.30. The van der Waals surface area contributed by atoms with Crippen molar-refractivity contribution in [2.75, 3.05) is 5.73 Å². The van der Waals surface area contributed by atoms with Crippen molar-refractivity contribution in [3.8, 4) is 11.9 Å². The van der Waals surface area contributed by atoms with Crippen molar-refractivity contribution in [3.63, 3.8) is 0 Å². The summed E-state index contributed by atoms with van der Waals surface area (Å²) in [5.41, 5.74) is 9.55. The van der Waals surface area contributed by atoms with E-state index in [0.29, 0.717) is 29.8 Å². The molecule has 0 spiro atoms. The standard InChI is InChI=1S/C19H26N4O/c1-12(2)14-8-7-13(3)15(9-14)11-24-18-16(10-20)17(21)23(22-18)19(4,5)6/h7-9,12H,11,21H2,1-6H3. The number of anilines is 1. The monoisotopic (exact) mass is 326 g/mol. The molecule has 0 aliphatic heterocycles. The number of nitriles is 1. The zero-order valence-electron chi connectivity index (χ0n) is 15.3. The molecule has 0 aliphatic rings. The Labute approximate surface area is 144 Å². The van der Waals surface area contributed by atoms with Crippen LogP contribution in [0.3, 0.4) is 0 Å². The highest BCUT2D eigenvalue weighted by Gasteiger charge is 2.24. The maximum absolute atomic E-state index is 9.38. The molecular formula is C19H26N4O. The molecule has 2 N–H and O–H groups in total. The van der Waals surface area contributed by atoms with E-state index in [9.17, 15) is 5.26 Å². The van der Waals surface area contributed by atoms with Crippen LogP contribution in [0.4, 0.5) is 5.82 Å². The highest BCUT2D eigenvalue weighted by molar-refractivity contribution is 5.55. The molecule has 24 heavy (non-hydrogen) atoms.